The van der Waals surface area contributed by atoms with Crippen molar-refractivity contribution in [3.8, 4) is 0 Å². The maximum absolute atomic E-state index is 11.2. The Balaban J connectivity index is 2.22. The van der Waals surface area contributed by atoms with Gasteiger partial charge < -0.3 is 4.74 Å². The fraction of sp³-hybridized carbons (Fsp3) is 0.875. The molecule has 0 aromatic carbocycles. The molecule has 1 saturated heterocycles. The van der Waals surface area contributed by atoms with Crippen LogP contribution >= 0.6 is 0 Å². The molecule has 0 amide bonds. The van der Waals surface area contributed by atoms with E-state index in [9.17, 15) is 4.79 Å². The van der Waals surface area contributed by atoms with Crippen LogP contribution in [-0.4, -0.2) is 18.0 Å². The van der Waals surface area contributed by atoms with Crippen molar-refractivity contribution >= 4 is 5.78 Å². The van der Waals surface area contributed by atoms with E-state index in [1.165, 1.54) is 0 Å². The van der Waals surface area contributed by atoms with Crippen molar-refractivity contribution in [3.05, 3.63) is 0 Å². The molecule has 0 aromatic heterocycles. The lowest BCUT2D eigenvalue weighted by atomic mass is 10.0. The van der Waals surface area contributed by atoms with Crippen LogP contribution in [0, 0.1) is 0 Å². The van der Waals surface area contributed by atoms with Crippen molar-refractivity contribution in [1.29, 1.82) is 0 Å². The van der Waals surface area contributed by atoms with Crippen molar-refractivity contribution in [2.45, 2.75) is 38.7 Å². The van der Waals surface area contributed by atoms with Gasteiger partial charge in [-0.3, -0.25) is 4.79 Å². The standard InChI is InChI=1S/C8H14O2/c1-3-4-5-7(9)8(2)6-10-8/h3-6H2,1-2H3/t8-/m0/s1. The van der Waals surface area contributed by atoms with E-state index in [4.69, 9.17) is 4.74 Å². The minimum absolute atomic E-state index is 0.273. The van der Waals surface area contributed by atoms with Crippen LogP contribution in [0.25, 0.3) is 0 Å². The van der Waals surface area contributed by atoms with Gasteiger partial charge in [0.05, 0.1) is 6.61 Å². The molecule has 0 aromatic rings. The van der Waals surface area contributed by atoms with Crippen molar-refractivity contribution in [1.82, 2.24) is 0 Å². The number of Topliss-reactive ketones (excluding diaryl/α,β-unsaturated/α-hetero) is 1. The Morgan fingerprint density at radius 3 is 2.70 bits per heavy atom. The zero-order valence-electron chi connectivity index (χ0n) is 6.64. The number of ketones is 1. The van der Waals surface area contributed by atoms with Crippen LogP contribution in [0.1, 0.15) is 33.1 Å². The smallest absolute Gasteiger partial charge is 0.166 e. The summed E-state index contributed by atoms with van der Waals surface area (Å²) in [4.78, 5) is 11.2. The lowest BCUT2D eigenvalue weighted by molar-refractivity contribution is -0.123. The van der Waals surface area contributed by atoms with Crippen LogP contribution in [0.4, 0.5) is 0 Å². The van der Waals surface area contributed by atoms with Gasteiger partial charge in [0.1, 0.15) is 5.60 Å². The van der Waals surface area contributed by atoms with E-state index in [1.54, 1.807) is 0 Å². The van der Waals surface area contributed by atoms with Gasteiger partial charge in [0.15, 0.2) is 5.78 Å². The predicted octanol–water partition coefficient (Wildman–Crippen LogP) is 1.53. The first kappa shape index (κ1) is 7.73. The Hall–Kier alpha value is -0.370. The SMILES string of the molecule is CCCCC(=O)[C@]1(C)CO1. The fourth-order valence-electron chi connectivity index (χ4n) is 0.871. The summed E-state index contributed by atoms with van der Waals surface area (Å²) in [5.41, 5.74) is -0.380. The Morgan fingerprint density at radius 2 is 2.30 bits per heavy atom. The Bertz CT molecular complexity index is 136. The van der Waals surface area contributed by atoms with E-state index in [2.05, 4.69) is 6.92 Å². The molecule has 1 atom stereocenters. The van der Waals surface area contributed by atoms with Crippen molar-refractivity contribution in [2.75, 3.05) is 6.61 Å². The highest BCUT2D eigenvalue weighted by Crippen LogP contribution is 2.28. The Kier molecular flexibility index (Phi) is 2.09. The number of carbonyl (C=O) groups excluding carboxylic acids is 1. The highest BCUT2D eigenvalue weighted by atomic mass is 16.6. The molecular formula is C8H14O2. The quantitative estimate of drug-likeness (QED) is 0.557. The van der Waals surface area contributed by atoms with Crippen LogP contribution in [0.3, 0.4) is 0 Å². The summed E-state index contributed by atoms with van der Waals surface area (Å²) in [6.45, 7) is 4.59. The topological polar surface area (TPSA) is 29.6 Å². The van der Waals surface area contributed by atoms with Gasteiger partial charge in [-0.05, 0) is 13.3 Å². The second-order valence-electron chi connectivity index (χ2n) is 3.05. The minimum Gasteiger partial charge on any atom is -0.362 e. The van der Waals surface area contributed by atoms with Gasteiger partial charge >= 0.3 is 0 Å². The molecular weight excluding hydrogens is 128 g/mol. The molecule has 2 nitrogen and oxygen atoms in total. The molecule has 0 spiro atoms. The zero-order valence-corrected chi connectivity index (χ0v) is 6.64. The summed E-state index contributed by atoms with van der Waals surface area (Å²) < 4.78 is 5.01. The number of epoxide rings is 1. The third-order valence-corrected chi connectivity index (χ3v) is 1.92. The second-order valence-corrected chi connectivity index (χ2v) is 3.05. The molecule has 0 aliphatic carbocycles. The van der Waals surface area contributed by atoms with Gasteiger partial charge in [-0.25, -0.2) is 0 Å². The average Bonchev–Trinajstić information content (AvgIpc) is 2.64. The van der Waals surface area contributed by atoms with E-state index in [0.717, 1.165) is 12.8 Å². The normalized spacial score (nSPS) is 30.2. The van der Waals surface area contributed by atoms with Gasteiger partial charge in [-0.2, -0.15) is 0 Å². The summed E-state index contributed by atoms with van der Waals surface area (Å²) in [6.07, 6.45) is 2.77. The summed E-state index contributed by atoms with van der Waals surface area (Å²) in [5, 5.41) is 0. The lowest BCUT2D eigenvalue weighted by Crippen LogP contribution is -2.19. The van der Waals surface area contributed by atoms with Crippen LogP contribution < -0.4 is 0 Å². The molecule has 0 unspecified atom stereocenters. The van der Waals surface area contributed by atoms with E-state index in [0.29, 0.717) is 13.0 Å². The van der Waals surface area contributed by atoms with Crippen LogP contribution in [0.2, 0.25) is 0 Å². The van der Waals surface area contributed by atoms with Crippen molar-refractivity contribution in [2.24, 2.45) is 0 Å². The predicted molar refractivity (Wildman–Crippen MR) is 38.9 cm³/mol. The van der Waals surface area contributed by atoms with E-state index >= 15 is 0 Å². The lowest BCUT2D eigenvalue weighted by Gasteiger charge is -2.01. The molecule has 10 heavy (non-hydrogen) atoms. The molecule has 0 radical (unpaired) electrons. The highest BCUT2D eigenvalue weighted by Gasteiger charge is 2.45. The number of carbonyl (C=O) groups is 1. The largest absolute Gasteiger partial charge is 0.362 e. The highest BCUT2D eigenvalue weighted by molar-refractivity contribution is 5.89. The first-order valence-electron chi connectivity index (χ1n) is 3.86. The molecule has 1 aliphatic heterocycles. The molecule has 0 bridgehead atoms. The molecule has 1 heterocycles. The van der Waals surface area contributed by atoms with Crippen LogP contribution in [0.5, 0.6) is 0 Å². The maximum atomic E-state index is 11.2. The van der Waals surface area contributed by atoms with E-state index in [1.807, 2.05) is 6.92 Å². The number of hydrogen-bond donors (Lipinski definition) is 0. The third kappa shape index (κ3) is 1.57. The Labute approximate surface area is 61.6 Å². The van der Waals surface area contributed by atoms with Gasteiger partial charge in [0, 0.05) is 6.42 Å². The van der Waals surface area contributed by atoms with Crippen LogP contribution in [-0.2, 0) is 9.53 Å². The second kappa shape index (κ2) is 2.70. The van der Waals surface area contributed by atoms with Gasteiger partial charge in [0.2, 0.25) is 0 Å². The number of unbranched alkanes of at least 4 members (excludes halogenated alkanes) is 1. The van der Waals surface area contributed by atoms with Gasteiger partial charge in [-0.1, -0.05) is 13.3 Å². The summed E-state index contributed by atoms with van der Waals surface area (Å²) >= 11 is 0. The van der Waals surface area contributed by atoms with Gasteiger partial charge in [0.25, 0.3) is 0 Å². The van der Waals surface area contributed by atoms with Crippen molar-refractivity contribution < 1.29 is 9.53 Å². The average molecular weight is 142 g/mol. The molecule has 0 N–H and O–H groups in total. The third-order valence-electron chi connectivity index (χ3n) is 1.92. The summed E-state index contributed by atoms with van der Waals surface area (Å²) in [6, 6.07) is 0. The van der Waals surface area contributed by atoms with E-state index in [-0.39, 0.29) is 11.4 Å². The zero-order chi connectivity index (χ0) is 7.61. The molecule has 0 saturated carbocycles. The summed E-state index contributed by atoms with van der Waals surface area (Å²) in [7, 11) is 0. The van der Waals surface area contributed by atoms with E-state index < -0.39 is 0 Å². The minimum atomic E-state index is -0.380. The first-order valence-corrected chi connectivity index (χ1v) is 3.86. The molecule has 1 aliphatic rings. The fourth-order valence-corrected chi connectivity index (χ4v) is 0.871. The Morgan fingerprint density at radius 1 is 1.70 bits per heavy atom. The number of ether oxygens (including phenoxy) is 1. The molecule has 1 rings (SSSR count). The number of hydrogen-bond acceptors (Lipinski definition) is 2. The monoisotopic (exact) mass is 142 g/mol. The molecule has 1 fully saturated rings. The maximum Gasteiger partial charge on any atom is 0.166 e. The van der Waals surface area contributed by atoms with Crippen molar-refractivity contribution in [3.63, 3.8) is 0 Å². The summed E-state index contributed by atoms with van der Waals surface area (Å²) in [5.74, 6) is 0.273. The van der Waals surface area contributed by atoms with Gasteiger partial charge in [-0.15, -0.1) is 0 Å². The van der Waals surface area contributed by atoms with Crippen LogP contribution in [0.15, 0.2) is 0 Å². The molecule has 58 valence electrons. The number of rotatable bonds is 4. The first-order chi connectivity index (χ1) is 4.69. The molecule has 2 heteroatoms.